The molecule has 0 bridgehead atoms. The van der Waals surface area contributed by atoms with Gasteiger partial charge in [0, 0.05) is 17.7 Å². The van der Waals surface area contributed by atoms with Crippen LogP contribution in [0.1, 0.15) is 20.9 Å². The van der Waals surface area contributed by atoms with Crippen LogP contribution in [0, 0.1) is 5.41 Å². The van der Waals surface area contributed by atoms with Crippen LogP contribution in [0.3, 0.4) is 0 Å². The van der Waals surface area contributed by atoms with Crippen LogP contribution >= 0.6 is 11.3 Å². The fourth-order valence-corrected chi connectivity index (χ4v) is 5.14. The number of carboxylic acid groups (broad SMARTS) is 1. The number of hydrogen-bond acceptors (Lipinski definition) is 6. The van der Waals surface area contributed by atoms with Crippen molar-refractivity contribution in [3.05, 3.63) is 101 Å². The van der Waals surface area contributed by atoms with Crippen molar-refractivity contribution in [3.63, 3.8) is 0 Å². The minimum absolute atomic E-state index is 0.0303. The van der Waals surface area contributed by atoms with Gasteiger partial charge in [-0.3, -0.25) is 10.2 Å². The second-order valence-corrected chi connectivity index (χ2v) is 9.38. The molecule has 1 atom stereocenters. The zero-order valence-corrected chi connectivity index (χ0v) is 19.8. The first kappa shape index (κ1) is 23.3. The number of hydrogen-bond donors (Lipinski definition) is 4. The Balaban J connectivity index is 1.35. The minimum Gasteiger partial charge on any atom is -0.510 e. The lowest BCUT2D eigenvalue weighted by atomic mass is 10.1. The lowest BCUT2D eigenvalue weighted by Crippen LogP contribution is -2.42. The molecule has 180 valence electrons. The first-order chi connectivity index (χ1) is 17.4. The third-order valence-electron chi connectivity index (χ3n) is 5.92. The molecule has 0 saturated carbocycles. The van der Waals surface area contributed by atoms with Crippen molar-refractivity contribution in [3.8, 4) is 0 Å². The number of amidine groups is 1. The molecular formula is C27H22N4O4S. The van der Waals surface area contributed by atoms with E-state index in [0.717, 1.165) is 15.8 Å². The number of carboxylic acids is 1. The van der Waals surface area contributed by atoms with Crippen LogP contribution < -0.4 is 10.2 Å². The molecule has 4 aromatic rings. The summed E-state index contributed by atoms with van der Waals surface area (Å²) in [4.78, 5) is 30.9. The average Bonchev–Trinajstić information content (AvgIpc) is 3.43. The van der Waals surface area contributed by atoms with E-state index in [4.69, 9.17) is 5.41 Å². The van der Waals surface area contributed by atoms with E-state index in [1.807, 2.05) is 54.6 Å². The smallest absolute Gasteiger partial charge is 0.326 e. The molecule has 0 fully saturated rings. The second kappa shape index (κ2) is 9.63. The first-order valence-corrected chi connectivity index (χ1v) is 12.0. The Morgan fingerprint density at radius 2 is 1.81 bits per heavy atom. The summed E-state index contributed by atoms with van der Waals surface area (Å²) in [5.41, 5.74) is 2.75. The molecule has 2 heterocycles. The van der Waals surface area contributed by atoms with Crippen molar-refractivity contribution in [2.24, 2.45) is 0 Å². The van der Waals surface area contributed by atoms with E-state index in [-0.39, 0.29) is 30.1 Å². The number of rotatable bonds is 7. The molecule has 3 aromatic carbocycles. The van der Waals surface area contributed by atoms with E-state index in [1.54, 1.807) is 29.2 Å². The normalized spacial score (nSPS) is 14.3. The van der Waals surface area contributed by atoms with Crippen LogP contribution in [0.2, 0.25) is 0 Å². The number of nitrogens with zero attached hydrogens (tertiary/aromatic N) is 2. The largest absolute Gasteiger partial charge is 0.510 e. The van der Waals surface area contributed by atoms with Crippen LogP contribution in [0.25, 0.3) is 15.8 Å². The first-order valence-electron chi connectivity index (χ1n) is 11.2. The number of nitrogens with one attached hydrogen (secondary N) is 2. The molecule has 0 aliphatic carbocycles. The molecule has 5 rings (SSSR count). The summed E-state index contributed by atoms with van der Waals surface area (Å²) in [5.74, 6) is -1.55. The van der Waals surface area contributed by atoms with Gasteiger partial charge in [-0.25, -0.2) is 9.78 Å². The van der Waals surface area contributed by atoms with E-state index in [0.29, 0.717) is 16.3 Å². The van der Waals surface area contributed by atoms with E-state index in [1.165, 1.54) is 11.3 Å². The van der Waals surface area contributed by atoms with Crippen LogP contribution in [-0.4, -0.2) is 45.5 Å². The number of aromatic nitrogens is 1. The van der Waals surface area contributed by atoms with Gasteiger partial charge in [-0.05, 0) is 35.9 Å². The Kier molecular flexibility index (Phi) is 6.22. The number of benzene rings is 3. The summed E-state index contributed by atoms with van der Waals surface area (Å²) < 4.78 is 0.959. The molecule has 9 heteroatoms. The average molecular weight is 499 g/mol. The molecule has 8 nitrogen and oxygen atoms in total. The van der Waals surface area contributed by atoms with Crippen LogP contribution in [0.4, 0.5) is 5.69 Å². The highest BCUT2D eigenvalue weighted by Gasteiger charge is 2.32. The van der Waals surface area contributed by atoms with Crippen LogP contribution in [0.15, 0.2) is 84.6 Å². The molecule has 1 amide bonds. The quantitative estimate of drug-likeness (QED) is 0.297. The molecule has 4 N–H and O–H groups in total. The van der Waals surface area contributed by atoms with Gasteiger partial charge < -0.3 is 20.4 Å². The number of aliphatic carboxylic acids is 1. The van der Waals surface area contributed by atoms with Gasteiger partial charge in [0.2, 0.25) is 0 Å². The summed E-state index contributed by atoms with van der Waals surface area (Å²) >= 11 is 1.40. The third kappa shape index (κ3) is 4.56. The highest BCUT2D eigenvalue weighted by atomic mass is 32.1. The fraction of sp³-hybridized carbons (Fsp3) is 0.111. The highest BCUT2D eigenvalue weighted by Crippen LogP contribution is 2.35. The minimum atomic E-state index is -1.13. The molecule has 1 aromatic heterocycles. The fourth-order valence-electron chi connectivity index (χ4n) is 4.11. The number of anilines is 1. The monoisotopic (exact) mass is 498 g/mol. The summed E-state index contributed by atoms with van der Waals surface area (Å²) in [7, 11) is 0. The van der Waals surface area contributed by atoms with Gasteiger partial charge in [0.1, 0.15) is 22.6 Å². The maximum absolute atomic E-state index is 12.9. The van der Waals surface area contributed by atoms with Crippen molar-refractivity contribution >= 4 is 50.5 Å². The lowest BCUT2D eigenvalue weighted by molar-refractivity contribution is -0.139. The number of fused-ring (bicyclic) bond motifs is 1. The van der Waals surface area contributed by atoms with E-state index >= 15 is 0 Å². The van der Waals surface area contributed by atoms with Crippen LogP contribution in [-0.2, 0) is 11.2 Å². The van der Waals surface area contributed by atoms with E-state index < -0.39 is 17.9 Å². The molecule has 1 unspecified atom stereocenters. The molecule has 1 aliphatic rings. The zero-order chi connectivity index (χ0) is 25.2. The van der Waals surface area contributed by atoms with E-state index in [9.17, 15) is 19.8 Å². The Bertz CT molecular complexity index is 1480. The van der Waals surface area contributed by atoms with Gasteiger partial charge in [0.25, 0.3) is 5.91 Å². The predicted octanol–water partition coefficient (Wildman–Crippen LogP) is 4.49. The second-order valence-electron chi connectivity index (χ2n) is 8.35. The number of carbonyl (C=O) groups excluding carboxylic acids is 1. The highest BCUT2D eigenvalue weighted by molar-refractivity contribution is 7.19. The number of aliphatic hydroxyl groups is 1. The van der Waals surface area contributed by atoms with Crippen molar-refractivity contribution in [1.82, 2.24) is 10.3 Å². The number of para-hydroxylation sites is 1. The third-order valence-corrected chi connectivity index (χ3v) is 6.97. The number of aliphatic hydroxyl groups excluding tert-OH is 1. The van der Waals surface area contributed by atoms with Crippen molar-refractivity contribution in [2.45, 2.75) is 12.5 Å². The van der Waals surface area contributed by atoms with Crippen LogP contribution in [0.5, 0.6) is 0 Å². The number of carbonyl (C=O) groups is 2. The summed E-state index contributed by atoms with van der Waals surface area (Å²) in [6, 6.07) is 22.2. The van der Waals surface area contributed by atoms with Crippen molar-refractivity contribution in [1.29, 1.82) is 5.41 Å². The molecule has 36 heavy (non-hydrogen) atoms. The SMILES string of the molecule is N=C1C(c2nc3ccccc3s2)=C(O)CN1c1cccc(C(=O)NC(Cc2ccccc2)C(=O)O)c1. The maximum atomic E-state index is 12.9. The van der Waals surface area contributed by atoms with Gasteiger partial charge in [0.05, 0.1) is 22.3 Å². The van der Waals surface area contributed by atoms with Crippen molar-refractivity contribution < 1.29 is 19.8 Å². The molecular weight excluding hydrogens is 476 g/mol. The van der Waals surface area contributed by atoms with Gasteiger partial charge in [-0.15, -0.1) is 11.3 Å². The Labute approximate surface area is 210 Å². The summed E-state index contributed by atoms with van der Waals surface area (Å²) in [6.07, 6.45) is 0.154. The zero-order valence-electron chi connectivity index (χ0n) is 19.0. The molecule has 0 radical (unpaired) electrons. The topological polar surface area (TPSA) is 127 Å². The Morgan fingerprint density at radius 3 is 2.56 bits per heavy atom. The molecule has 0 saturated heterocycles. The lowest BCUT2D eigenvalue weighted by Gasteiger charge is -2.20. The van der Waals surface area contributed by atoms with Gasteiger partial charge >= 0.3 is 5.97 Å². The van der Waals surface area contributed by atoms with Crippen molar-refractivity contribution in [2.75, 3.05) is 11.4 Å². The number of amides is 1. The van der Waals surface area contributed by atoms with Gasteiger partial charge in [0.15, 0.2) is 0 Å². The Morgan fingerprint density at radius 1 is 1.06 bits per heavy atom. The van der Waals surface area contributed by atoms with Gasteiger partial charge in [-0.2, -0.15) is 0 Å². The van der Waals surface area contributed by atoms with E-state index in [2.05, 4.69) is 10.3 Å². The summed E-state index contributed by atoms with van der Waals surface area (Å²) in [6.45, 7) is 0.0704. The molecule has 1 aliphatic heterocycles. The maximum Gasteiger partial charge on any atom is 0.326 e. The summed E-state index contributed by atoms with van der Waals surface area (Å²) in [5, 5.41) is 32.2. The molecule has 0 spiro atoms. The van der Waals surface area contributed by atoms with Gasteiger partial charge in [-0.1, -0.05) is 48.5 Å². The number of thiazole rings is 1. The Hall–Kier alpha value is -4.50. The predicted molar refractivity (Wildman–Crippen MR) is 140 cm³/mol. The standard InChI is InChI=1S/C27H22N4O4S/c28-24-23(26-30-19-11-4-5-12-22(19)36-26)21(32)15-31(24)18-10-6-9-17(14-18)25(33)29-20(27(34)35)13-16-7-2-1-3-8-16/h1-12,14,20,28,32H,13,15H2,(H,29,33)(H,34,35).